The van der Waals surface area contributed by atoms with E-state index in [2.05, 4.69) is 45.9 Å². The second kappa shape index (κ2) is 7.81. The summed E-state index contributed by atoms with van der Waals surface area (Å²) in [5.41, 5.74) is 1.20. The molecule has 0 saturated carbocycles. The number of hydrogen-bond acceptors (Lipinski definition) is 4. The summed E-state index contributed by atoms with van der Waals surface area (Å²) < 4.78 is 1.65. The number of carbonyl (C=O) groups excluding carboxylic acids is 1. The minimum absolute atomic E-state index is 0.0491. The van der Waals surface area contributed by atoms with Gasteiger partial charge in [-0.15, -0.1) is 0 Å². The van der Waals surface area contributed by atoms with Crippen molar-refractivity contribution in [3.8, 4) is 6.07 Å². The third kappa shape index (κ3) is 4.17. The van der Waals surface area contributed by atoms with Gasteiger partial charge in [-0.3, -0.25) is 14.9 Å². The van der Waals surface area contributed by atoms with Crippen LogP contribution in [0.25, 0.3) is 0 Å². The summed E-state index contributed by atoms with van der Waals surface area (Å²) in [6, 6.07) is 14.0. The minimum atomic E-state index is -0.258. The molecule has 1 aromatic carbocycles. The van der Waals surface area contributed by atoms with E-state index < -0.39 is 0 Å². The van der Waals surface area contributed by atoms with Gasteiger partial charge in [-0.1, -0.05) is 30.3 Å². The van der Waals surface area contributed by atoms with Gasteiger partial charge < -0.3 is 5.32 Å². The predicted octanol–water partition coefficient (Wildman–Crippen LogP) is 2.36. The van der Waals surface area contributed by atoms with Gasteiger partial charge in [-0.2, -0.15) is 10.4 Å². The van der Waals surface area contributed by atoms with Gasteiger partial charge in [0.25, 0.3) is 0 Å². The molecule has 7 heteroatoms. The number of nitrogens with zero attached hydrogens (tertiary/aromatic N) is 4. The zero-order chi connectivity index (χ0) is 17.6. The van der Waals surface area contributed by atoms with Gasteiger partial charge >= 0.3 is 6.03 Å². The van der Waals surface area contributed by atoms with Crippen LogP contribution in [0.3, 0.4) is 0 Å². The third-order valence-corrected chi connectivity index (χ3v) is 4.44. The summed E-state index contributed by atoms with van der Waals surface area (Å²) in [5, 5.41) is 18.7. The van der Waals surface area contributed by atoms with Crippen molar-refractivity contribution in [3.63, 3.8) is 0 Å². The lowest BCUT2D eigenvalue weighted by Crippen LogP contribution is -2.41. The third-order valence-electron chi connectivity index (χ3n) is 4.44. The van der Waals surface area contributed by atoms with E-state index in [-0.39, 0.29) is 18.1 Å². The van der Waals surface area contributed by atoms with Gasteiger partial charge in [-0.05, 0) is 19.0 Å². The first-order valence-electron chi connectivity index (χ1n) is 8.40. The van der Waals surface area contributed by atoms with E-state index in [1.807, 2.05) is 18.2 Å². The first kappa shape index (κ1) is 17.0. The summed E-state index contributed by atoms with van der Waals surface area (Å²) in [6.07, 6.45) is 3.05. The molecule has 1 aliphatic heterocycles. The quantitative estimate of drug-likeness (QED) is 0.876. The number of anilines is 1. The van der Waals surface area contributed by atoms with Crippen molar-refractivity contribution < 1.29 is 4.79 Å². The Labute approximate surface area is 147 Å². The normalized spacial score (nSPS) is 20.2. The SMILES string of the molecule is CN1CC[C@@H](NC(=O)Nc2ccn(CCC#N)n2)[C@H]1c1ccccc1. The zero-order valence-corrected chi connectivity index (χ0v) is 14.2. The number of urea groups is 1. The monoisotopic (exact) mass is 338 g/mol. The highest BCUT2D eigenvalue weighted by atomic mass is 16.2. The van der Waals surface area contributed by atoms with E-state index in [0.29, 0.717) is 18.8 Å². The molecule has 1 fully saturated rings. The van der Waals surface area contributed by atoms with E-state index >= 15 is 0 Å². The largest absolute Gasteiger partial charge is 0.333 e. The number of amides is 2. The minimum Gasteiger partial charge on any atom is -0.333 e. The average molecular weight is 338 g/mol. The molecule has 2 amide bonds. The summed E-state index contributed by atoms with van der Waals surface area (Å²) in [6.45, 7) is 1.45. The second-order valence-electron chi connectivity index (χ2n) is 6.20. The maximum Gasteiger partial charge on any atom is 0.320 e. The van der Waals surface area contributed by atoms with Gasteiger partial charge in [0.15, 0.2) is 5.82 Å². The molecule has 2 aromatic rings. The Bertz CT molecular complexity index is 750. The molecule has 1 saturated heterocycles. The van der Waals surface area contributed by atoms with Gasteiger partial charge in [0.2, 0.25) is 0 Å². The van der Waals surface area contributed by atoms with Crippen LogP contribution in [-0.2, 0) is 6.54 Å². The van der Waals surface area contributed by atoms with Crippen LogP contribution in [0.15, 0.2) is 42.6 Å². The summed E-state index contributed by atoms with van der Waals surface area (Å²) >= 11 is 0. The topological polar surface area (TPSA) is 86.0 Å². The Hall–Kier alpha value is -2.85. The van der Waals surface area contributed by atoms with Crippen LogP contribution in [0.2, 0.25) is 0 Å². The Kier molecular flexibility index (Phi) is 5.31. The first-order valence-corrected chi connectivity index (χ1v) is 8.40. The molecule has 3 rings (SSSR count). The summed E-state index contributed by atoms with van der Waals surface area (Å²) in [5.74, 6) is 0.484. The first-order chi connectivity index (χ1) is 12.2. The maximum absolute atomic E-state index is 12.3. The van der Waals surface area contributed by atoms with Crippen molar-refractivity contribution in [2.45, 2.75) is 31.5 Å². The number of benzene rings is 1. The molecule has 7 nitrogen and oxygen atoms in total. The predicted molar refractivity (Wildman–Crippen MR) is 94.8 cm³/mol. The average Bonchev–Trinajstić information content (AvgIpc) is 3.20. The molecular formula is C18H22N6O. The molecule has 25 heavy (non-hydrogen) atoms. The van der Waals surface area contributed by atoms with Crippen LogP contribution in [0, 0.1) is 11.3 Å². The zero-order valence-electron chi connectivity index (χ0n) is 14.2. The number of aryl methyl sites for hydroxylation is 1. The van der Waals surface area contributed by atoms with E-state index in [9.17, 15) is 4.79 Å². The fourth-order valence-electron chi connectivity index (χ4n) is 3.27. The van der Waals surface area contributed by atoms with Gasteiger partial charge in [0, 0.05) is 18.8 Å². The molecule has 0 spiro atoms. The lowest BCUT2D eigenvalue weighted by molar-refractivity contribution is 0.240. The molecule has 130 valence electrons. The number of carbonyl (C=O) groups is 1. The molecule has 2 atom stereocenters. The standard InChI is InChI=1S/C18H22N6O/c1-23-12-8-15(17(23)14-6-3-2-4-7-14)20-18(25)21-16-9-13-24(22-16)11-5-10-19/h2-4,6-7,9,13,15,17H,5,8,11-12H2,1H3,(H2,20,21,22,25)/t15-,17-/m1/s1. The molecule has 0 radical (unpaired) electrons. The van der Waals surface area contributed by atoms with Crippen molar-refractivity contribution in [1.82, 2.24) is 20.0 Å². The molecule has 2 heterocycles. The smallest absolute Gasteiger partial charge is 0.320 e. The van der Waals surface area contributed by atoms with E-state index in [4.69, 9.17) is 5.26 Å². The fraction of sp³-hybridized carbons (Fsp3) is 0.389. The fourth-order valence-corrected chi connectivity index (χ4v) is 3.27. The maximum atomic E-state index is 12.3. The Morgan fingerprint density at radius 3 is 2.92 bits per heavy atom. The Balaban J connectivity index is 1.60. The van der Waals surface area contributed by atoms with E-state index in [0.717, 1.165) is 13.0 Å². The number of nitrogens with one attached hydrogen (secondary N) is 2. The highest BCUT2D eigenvalue weighted by molar-refractivity contribution is 5.88. The molecule has 0 aliphatic carbocycles. The lowest BCUT2D eigenvalue weighted by Gasteiger charge is -2.26. The highest BCUT2D eigenvalue weighted by Crippen LogP contribution is 2.30. The van der Waals surface area contributed by atoms with Crippen LogP contribution in [0.4, 0.5) is 10.6 Å². The number of likely N-dealkylation sites (tertiary alicyclic amines) is 1. The van der Waals surface area contributed by atoms with Crippen LogP contribution in [0.1, 0.15) is 24.4 Å². The van der Waals surface area contributed by atoms with Gasteiger partial charge in [0.1, 0.15) is 0 Å². The second-order valence-corrected chi connectivity index (χ2v) is 6.20. The van der Waals surface area contributed by atoms with Crippen LogP contribution < -0.4 is 10.6 Å². The Morgan fingerprint density at radius 1 is 1.36 bits per heavy atom. The summed E-state index contributed by atoms with van der Waals surface area (Å²) in [4.78, 5) is 14.6. The van der Waals surface area contributed by atoms with Gasteiger partial charge in [-0.25, -0.2) is 4.79 Å². The lowest BCUT2D eigenvalue weighted by atomic mass is 10.0. The van der Waals surface area contributed by atoms with Crippen molar-refractivity contribution in [1.29, 1.82) is 5.26 Å². The van der Waals surface area contributed by atoms with Crippen LogP contribution in [-0.4, -0.2) is 40.3 Å². The molecule has 0 bridgehead atoms. The van der Waals surface area contributed by atoms with Crippen LogP contribution in [0.5, 0.6) is 0 Å². The van der Waals surface area contributed by atoms with E-state index in [1.165, 1.54) is 5.56 Å². The highest BCUT2D eigenvalue weighted by Gasteiger charge is 2.33. The Morgan fingerprint density at radius 2 is 2.16 bits per heavy atom. The number of nitriles is 1. The summed E-state index contributed by atoms with van der Waals surface area (Å²) in [7, 11) is 2.08. The number of rotatable bonds is 5. The van der Waals surface area contributed by atoms with Crippen molar-refractivity contribution in [2.24, 2.45) is 0 Å². The van der Waals surface area contributed by atoms with Crippen molar-refractivity contribution >= 4 is 11.8 Å². The number of aromatic nitrogens is 2. The number of likely N-dealkylation sites (N-methyl/N-ethyl adjacent to an activating group) is 1. The van der Waals surface area contributed by atoms with Crippen LogP contribution >= 0.6 is 0 Å². The number of hydrogen-bond donors (Lipinski definition) is 2. The van der Waals surface area contributed by atoms with E-state index in [1.54, 1.807) is 16.9 Å². The van der Waals surface area contributed by atoms with Gasteiger partial charge in [0.05, 0.1) is 31.1 Å². The van der Waals surface area contributed by atoms with Crippen molar-refractivity contribution in [2.75, 3.05) is 18.9 Å². The molecule has 0 unspecified atom stereocenters. The molecule has 2 N–H and O–H groups in total. The molecule has 1 aliphatic rings. The van der Waals surface area contributed by atoms with Crippen molar-refractivity contribution in [3.05, 3.63) is 48.2 Å². The molecule has 1 aromatic heterocycles. The molecular weight excluding hydrogens is 316 g/mol.